The van der Waals surface area contributed by atoms with Gasteiger partial charge >= 0.3 is 0 Å². The van der Waals surface area contributed by atoms with E-state index in [0.29, 0.717) is 12.5 Å². The molecule has 0 N–H and O–H groups in total. The fourth-order valence-electron chi connectivity index (χ4n) is 3.43. The zero-order valence-electron chi connectivity index (χ0n) is 10.9. The molecule has 2 nitrogen and oxygen atoms in total. The minimum atomic E-state index is 0.196. The van der Waals surface area contributed by atoms with E-state index in [2.05, 4.69) is 0 Å². The second-order valence-electron chi connectivity index (χ2n) is 5.63. The Labute approximate surface area is 108 Å². The Kier molecular flexibility index (Phi) is 3.11. The van der Waals surface area contributed by atoms with Crippen LogP contribution in [-0.4, -0.2) is 11.9 Å². The third-order valence-electron chi connectivity index (χ3n) is 4.46. The number of Topliss-reactive ketones (excluding diaryl/α,β-unsaturated/α-hetero) is 1. The number of hydrogen-bond acceptors (Lipinski definition) is 2. The molecule has 1 aromatic rings. The van der Waals surface area contributed by atoms with Gasteiger partial charge in [-0.25, -0.2) is 0 Å². The Morgan fingerprint density at radius 1 is 1.22 bits per heavy atom. The number of carbonyl (C=O) groups is 1. The van der Waals surface area contributed by atoms with Crippen LogP contribution in [0.2, 0.25) is 0 Å². The van der Waals surface area contributed by atoms with Crippen molar-refractivity contribution in [2.45, 2.75) is 45.1 Å². The molecule has 1 aromatic carbocycles. The van der Waals surface area contributed by atoms with Gasteiger partial charge in [-0.3, -0.25) is 4.79 Å². The molecule has 2 aliphatic carbocycles. The van der Waals surface area contributed by atoms with Crippen LogP contribution in [0.4, 0.5) is 0 Å². The number of ketones is 1. The van der Waals surface area contributed by atoms with E-state index < -0.39 is 0 Å². The quantitative estimate of drug-likeness (QED) is 0.752. The van der Waals surface area contributed by atoms with Crippen molar-refractivity contribution in [1.29, 1.82) is 0 Å². The third-order valence-corrected chi connectivity index (χ3v) is 4.46. The number of carbonyl (C=O) groups excluding carboxylic acids is 1. The Hall–Kier alpha value is -1.31. The van der Waals surface area contributed by atoms with Gasteiger partial charge in [0.15, 0.2) is 5.78 Å². The van der Waals surface area contributed by atoms with Crippen LogP contribution >= 0.6 is 0 Å². The lowest BCUT2D eigenvalue weighted by Crippen LogP contribution is -2.23. The first-order valence-corrected chi connectivity index (χ1v) is 7.06. The van der Waals surface area contributed by atoms with E-state index >= 15 is 0 Å². The van der Waals surface area contributed by atoms with Crippen molar-refractivity contribution in [2.24, 2.45) is 11.8 Å². The summed E-state index contributed by atoms with van der Waals surface area (Å²) in [4.78, 5) is 11.5. The van der Waals surface area contributed by atoms with Crippen molar-refractivity contribution in [3.05, 3.63) is 29.8 Å². The van der Waals surface area contributed by atoms with Crippen molar-refractivity contribution in [3.63, 3.8) is 0 Å². The molecule has 0 aromatic heterocycles. The Bertz CT molecular complexity index is 435. The molecule has 3 unspecified atom stereocenters. The van der Waals surface area contributed by atoms with Gasteiger partial charge in [0.1, 0.15) is 11.9 Å². The summed E-state index contributed by atoms with van der Waals surface area (Å²) in [6, 6.07) is 7.65. The maximum Gasteiger partial charge on any atom is 0.162 e. The molecule has 2 bridgehead atoms. The maximum absolute atomic E-state index is 11.5. The van der Waals surface area contributed by atoms with Crippen molar-refractivity contribution < 1.29 is 9.53 Å². The highest BCUT2D eigenvalue weighted by Crippen LogP contribution is 2.45. The van der Waals surface area contributed by atoms with Crippen LogP contribution < -0.4 is 4.74 Å². The molecule has 0 radical (unpaired) electrons. The molecule has 0 aliphatic heterocycles. The predicted molar refractivity (Wildman–Crippen MR) is 70.9 cm³/mol. The van der Waals surface area contributed by atoms with Crippen molar-refractivity contribution in [1.82, 2.24) is 0 Å². The Morgan fingerprint density at radius 3 is 2.56 bits per heavy atom. The molecule has 18 heavy (non-hydrogen) atoms. The van der Waals surface area contributed by atoms with Crippen molar-refractivity contribution in [3.8, 4) is 5.75 Å². The SMILES string of the molecule is CCC(=O)c1ccc(OC2CC3CCC2C3)cc1. The summed E-state index contributed by atoms with van der Waals surface area (Å²) in [5.74, 6) is 2.79. The standard InChI is InChI=1S/C16H20O2/c1-2-15(17)12-5-7-14(8-6-12)18-16-10-11-3-4-13(16)9-11/h5-8,11,13,16H,2-4,9-10H2,1H3. The predicted octanol–water partition coefficient (Wildman–Crippen LogP) is 3.85. The molecule has 2 heteroatoms. The number of fused-ring (bicyclic) bond motifs is 2. The average Bonchev–Trinajstić information content (AvgIpc) is 3.01. The summed E-state index contributed by atoms with van der Waals surface area (Å²) < 4.78 is 6.07. The molecule has 3 atom stereocenters. The number of rotatable bonds is 4. The van der Waals surface area contributed by atoms with E-state index in [4.69, 9.17) is 4.74 Å². The first-order chi connectivity index (χ1) is 8.76. The number of hydrogen-bond donors (Lipinski definition) is 0. The van der Waals surface area contributed by atoms with Gasteiger partial charge in [-0.1, -0.05) is 6.92 Å². The largest absolute Gasteiger partial charge is 0.490 e. The summed E-state index contributed by atoms with van der Waals surface area (Å²) in [5.41, 5.74) is 0.790. The first-order valence-electron chi connectivity index (χ1n) is 7.06. The van der Waals surface area contributed by atoms with Crippen LogP contribution in [-0.2, 0) is 0 Å². The summed E-state index contributed by atoms with van der Waals surface area (Å²) in [7, 11) is 0. The van der Waals surface area contributed by atoms with Crippen LogP contribution in [0.25, 0.3) is 0 Å². The van der Waals surface area contributed by atoms with E-state index in [9.17, 15) is 4.79 Å². The molecule has 0 spiro atoms. The zero-order chi connectivity index (χ0) is 12.5. The first kappa shape index (κ1) is 11.8. The smallest absolute Gasteiger partial charge is 0.162 e. The van der Waals surface area contributed by atoms with Gasteiger partial charge < -0.3 is 4.74 Å². The highest BCUT2D eigenvalue weighted by molar-refractivity contribution is 5.95. The van der Waals surface area contributed by atoms with Crippen LogP contribution in [0.15, 0.2) is 24.3 Å². The summed E-state index contributed by atoms with van der Waals surface area (Å²) in [6.45, 7) is 1.89. The van der Waals surface area contributed by atoms with Crippen LogP contribution in [0.5, 0.6) is 5.75 Å². The van der Waals surface area contributed by atoms with Gasteiger partial charge in [-0.15, -0.1) is 0 Å². The Balaban J connectivity index is 1.65. The minimum Gasteiger partial charge on any atom is -0.490 e. The molecule has 0 saturated heterocycles. The van der Waals surface area contributed by atoms with Crippen LogP contribution in [0.3, 0.4) is 0 Å². The average molecular weight is 244 g/mol. The topological polar surface area (TPSA) is 26.3 Å². The van der Waals surface area contributed by atoms with Crippen molar-refractivity contribution in [2.75, 3.05) is 0 Å². The zero-order valence-corrected chi connectivity index (χ0v) is 10.9. The molecule has 2 aliphatic rings. The second kappa shape index (κ2) is 4.75. The third kappa shape index (κ3) is 2.16. The van der Waals surface area contributed by atoms with E-state index in [1.807, 2.05) is 31.2 Å². The van der Waals surface area contributed by atoms with Crippen LogP contribution in [0, 0.1) is 11.8 Å². The van der Waals surface area contributed by atoms with Crippen molar-refractivity contribution >= 4 is 5.78 Å². The molecule has 0 heterocycles. The lowest BCUT2D eigenvalue weighted by Gasteiger charge is -2.23. The molecule has 2 saturated carbocycles. The maximum atomic E-state index is 11.5. The van der Waals surface area contributed by atoms with E-state index in [0.717, 1.165) is 23.1 Å². The van der Waals surface area contributed by atoms with Gasteiger partial charge in [-0.05, 0) is 61.8 Å². The summed E-state index contributed by atoms with van der Waals surface area (Å²) in [5, 5.41) is 0. The molecular formula is C16H20O2. The fraction of sp³-hybridized carbons (Fsp3) is 0.562. The fourth-order valence-corrected chi connectivity index (χ4v) is 3.43. The van der Waals surface area contributed by atoms with E-state index in [1.54, 1.807) is 0 Å². The Morgan fingerprint density at radius 2 is 2.00 bits per heavy atom. The summed E-state index contributed by atoms with van der Waals surface area (Å²) in [6.07, 6.45) is 6.29. The van der Waals surface area contributed by atoms with Gasteiger partial charge in [0.05, 0.1) is 0 Å². The van der Waals surface area contributed by atoms with E-state index in [1.165, 1.54) is 25.7 Å². The van der Waals surface area contributed by atoms with E-state index in [-0.39, 0.29) is 5.78 Å². The number of ether oxygens (including phenoxy) is 1. The van der Waals surface area contributed by atoms with Crippen LogP contribution in [0.1, 0.15) is 49.4 Å². The lowest BCUT2D eigenvalue weighted by molar-refractivity contribution is 0.0988. The highest BCUT2D eigenvalue weighted by Gasteiger charge is 2.40. The molecule has 3 rings (SSSR count). The van der Waals surface area contributed by atoms with Gasteiger partial charge in [0.25, 0.3) is 0 Å². The molecule has 96 valence electrons. The number of benzene rings is 1. The van der Waals surface area contributed by atoms with Gasteiger partial charge in [0, 0.05) is 12.0 Å². The normalized spacial score (nSPS) is 29.5. The highest BCUT2D eigenvalue weighted by atomic mass is 16.5. The minimum absolute atomic E-state index is 0.196. The molecular weight excluding hydrogens is 224 g/mol. The molecule has 2 fully saturated rings. The second-order valence-corrected chi connectivity index (χ2v) is 5.63. The molecule has 0 amide bonds. The monoisotopic (exact) mass is 244 g/mol. The van der Waals surface area contributed by atoms with Gasteiger partial charge in [-0.2, -0.15) is 0 Å². The lowest BCUT2D eigenvalue weighted by atomic mass is 9.98. The summed E-state index contributed by atoms with van der Waals surface area (Å²) >= 11 is 0. The van der Waals surface area contributed by atoms with Gasteiger partial charge in [0.2, 0.25) is 0 Å².